The summed E-state index contributed by atoms with van der Waals surface area (Å²) >= 11 is 1.83. The summed E-state index contributed by atoms with van der Waals surface area (Å²) in [5, 5.41) is 4.53. The molecule has 0 atom stereocenters. The molecule has 3 heterocycles. The van der Waals surface area contributed by atoms with Gasteiger partial charge in [0, 0.05) is 48.3 Å². The first-order valence-corrected chi connectivity index (χ1v) is 14.7. The summed E-state index contributed by atoms with van der Waals surface area (Å²) in [6.45, 7) is 0. The van der Waals surface area contributed by atoms with Gasteiger partial charge in [-0.2, -0.15) is 0 Å². The number of hydrogen-bond acceptors (Lipinski definition) is 5. The number of para-hydroxylation sites is 2. The molecule has 9 aromatic rings. The van der Waals surface area contributed by atoms with Crippen LogP contribution in [-0.4, -0.2) is 4.98 Å². The van der Waals surface area contributed by atoms with Gasteiger partial charge in [-0.25, -0.2) is 4.98 Å². The molecule has 42 heavy (non-hydrogen) atoms. The van der Waals surface area contributed by atoms with Crippen LogP contribution in [0.15, 0.2) is 142 Å². The second-order valence-electron chi connectivity index (χ2n) is 10.4. The van der Waals surface area contributed by atoms with Crippen LogP contribution in [0.1, 0.15) is 0 Å². The standard InChI is InChI=1S/C37H22N2O2S/c1-3-11-23(12-4-1)37-38-28-22-31-27(21-32(28)41-37)25-16-9-18-30(36(25)40-31)39(24-13-5-2-6-14-24)29-17-10-20-34-35(29)26-15-7-8-19-33(26)42-34/h1-22H. The van der Waals surface area contributed by atoms with E-state index in [-0.39, 0.29) is 0 Å². The lowest BCUT2D eigenvalue weighted by Crippen LogP contribution is -2.10. The third-order valence-electron chi connectivity index (χ3n) is 7.88. The summed E-state index contributed by atoms with van der Waals surface area (Å²) in [4.78, 5) is 7.10. The van der Waals surface area contributed by atoms with Crippen LogP contribution in [0.25, 0.3) is 64.7 Å². The first-order valence-electron chi connectivity index (χ1n) is 13.9. The fraction of sp³-hybridized carbons (Fsp3) is 0. The largest absolute Gasteiger partial charge is 0.454 e. The molecule has 6 aromatic carbocycles. The predicted molar refractivity (Wildman–Crippen MR) is 174 cm³/mol. The van der Waals surface area contributed by atoms with E-state index >= 15 is 0 Å². The van der Waals surface area contributed by atoms with E-state index in [4.69, 9.17) is 13.8 Å². The highest BCUT2D eigenvalue weighted by molar-refractivity contribution is 7.26. The molecule has 0 saturated heterocycles. The number of thiophene rings is 1. The van der Waals surface area contributed by atoms with Crippen molar-refractivity contribution in [2.75, 3.05) is 4.90 Å². The molecule has 0 spiro atoms. The molecule has 9 rings (SSSR count). The van der Waals surface area contributed by atoms with Gasteiger partial charge in [0.05, 0.1) is 11.4 Å². The third-order valence-corrected chi connectivity index (χ3v) is 9.02. The number of oxazole rings is 1. The van der Waals surface area contributed by atoms with Gasteiger partial charge in [-0.1, -0.05) is 72.8 Å². The third kappa shape index (κ3) is 3.51. The minimum Gasteiger partial charge on any atom is -0.454 e. The molecule has 0 unspecified atom stereocenters. The van der Waals surface area contributed by atoms with Crippen molar-refractivity contribution in [3.8, 4) is 11.5 Å². The minimum atomic E-state index is 0.606. The van der Waals surface area contributed by atoms with Gasteiger partial charge in [0.25, 0.3) is 0 Å². The number of rotatable bonds is 4. The number of fused-ring (bicyclic) bond motifs is 7. The molecule has 0 bridgehead atoms. The summed E-state index contributed by atoms with van der Waals surface area (Å²) in [6.07, 6.45) is 0. The Kier molecular flexibility index (Phi) is 5.03. The topological polar surface area (TPSA) is 42.4 Å². The monoisotopic (exact) mass is 558 g/mol. The van der Waals surface area contributed by atoms with Crippen molar-refractivity contribution in [2.45, 2.75) is 0 Å². The highest BCUT2D eigenvalue weighted by Gasteiger charge is 2.23. The molecule has 0 fully saturated rings. The van der Waals surface area contributed by atoms with Gasteiger partial charge in [0.2, 0.25) is 5.89 Å². The molecule has 198 valence electrons. The van der Waals surface area contributed by atoms with Crippen molar-refractivity contribution in [3.63, 3.8) is 0 Å². The smallest absolute Gasteiger partial charge is 0.227 e. The number of aromatic nitrogens is 1. The molecular formula is C37H22N2O2S. The molecule has 3 aromatic heterocycles. The lowest BCUT2D eigenvalue weighted by atomic mass is 10.1. The SMILES string of the molecule is c1ccc(-c2nc3cc4oc5c(N(c6ccccc6)c6cccc7sc8ccccc8c67)cccc5c4cc3o2)cc1. The highest BCUT2D eigenvalue weighted by atomic mass is 32.1. The summed E-state index contributed by atoms with van der Waals surface area (Å²) in [7, 11) is 0. The Bertz CT molecular complexity index is 2420. The van der Waals surface area contributed by atoms with Gasteiger partial charge in [-0.3, -0.25) is 0 Å². The molecule has 0 aliphatic heterocycles. The number of benzene rings is 6. The van der Waals surface area contributed by atoms with Crippen molar-refractivity contribution < 1.29 is 8.83 Å². The van der Waals surface area contributed by atoms with Crippen LogP contribution in [0.3, 0.4) is 0 Å². The van der Waals surface area contributed by atoms with Crippen LogP contribution >= 0.6 is 11.3 Å². The van der Waals surface area contributed by atoms with Crippen LogP contribution in [0, 0.1) is 0 Å². The number of anilines is 3. The Labute approximate surface area is 244 Å². The van der Waals surface area contributed by atoms with Crippen LogP contribution < -0.4 is 4.90 Å². The quantitative estimate of drug-likeness (QED) is 0.215. The maximum atomic E-state index is 6.69. The Morgan fingerprint density at radius 2 is 1.26 bits per heavy atom. The Hall–Kier alpha value is -5.39. The molecule has 5 heteroatoms. The van der Waals surface area contributed by atoms with E-state index in [0.29, 0.717) is 5.89 Å². The molecule has 0 aliphatic carbocycles. The number of hydrogen-bond donors (Lipinski definition) is 0. The lowest BCUT2D eigenvalue weighted by Gasteiger charge is -2.26. The van der Waals surface area contributed by atoms with E-state index in [2.05, 4.69) is 102 Å². The normalized spacial score (nSPS) is 11.8. The first-order chi connectivity index (χ1) is 20.8. The van der Waals surface area contributed by atoms with E-state index in [1.165, 1.54) is 20.2 Å². The van der Waals surface area contributed by atoms with Crippen LogP contribution in [-0.2, 0) is 0 Å². The maximum absolute atomic E-state index is 6.69. The highest BCUT2D eigenvalue weighted by Crippen LogP contribution is 2.47. The average Bonchev–Trinajstić information content (AvgIpc) is 3.74. The van der Waals surface area contributed by atoms with E-state index in [1.54, 1.807) is 0 Å². The molecule has 0 amide bonds. The Morgan fingerprint density at radius 1 is 0.548 bits per heavy atom. The predicted octanol–water partition coefficient (Wildman–Crippen LogP) is 11.2. The van der Waals surface area contributed by atoms with E-state index in [0.717, 1.165) is 55.7 Å². The van der Waals surface area contributed by atoms with Crippen molar-refractivity contribution in [1.82, 2.24) is 4.98 Å². The molecule has 0 aliphatic rings. The van der Waals surface area contributed by atoms with E-state index < -0.39 is 0 Å². The van der Waals surface area contributed by atoms with Gasteiger partial charge in [-0.05, 0) is 54.6 Å². The molecule has 0 saturated carbocycles. The maximum Gasteiger partial charge on any atom is 0.227 e. The van der Waals surface area contributed by atoms with Crippen LogP contribution in [0.4, 0.5) is 17.1 Å². The van der Waals surface area contributed by atoms with Gasteiger partial charge >= 0.3 is 0 Å². The summed E-state index contributed by atoms with van der Waals surface area (Å²) in [5.41, 5.74) is 7.23. The zero-order chi connectivity index (χ0) is 27.6. The molecule has 0 radical (unpaired) electrons. The van der Waals surface area contributed by atoms with Gasteiger partial charge in [-0.15, -0.1) is 11.3 Å². The summed E-state index contributed by atoms with van der Waals surface area (Å²) in [5.74, 6) is 0.606. The van der Waals surface area contributed by atoms with Crippen LogP contribution in [0.2, 0.25) is 0 Å². The van der Waals surface area contributed by atoms with Gasteiger partial charge in [0.1, 0.15) is 11.1 Å². The van der Waals surface area contributed by atoms with Gasteiger partial charge in [0.15, 0.2) is 11.2 Å². The van der Waals surface area contributed by atoms with Crippen molar-refractivity contribution in [1.29, 1.82) is 0 Å². The zero-order valence-corrected chi connectivity index (χ0v) is 23.1. The van der Waals surface area contributed by atoms with Crippen LogP contribution in [0.5, 0.6) is 0 Å². The zero-order valence-electron chi connectivity index (χ0n) is 22.3. The minimum absolute atomic E-state index is 0.606. The fourth-order valence-electron chi connectivity index (χ4n) is 6.01. The Morgan fingerprint density at radius 3 is 2.14 bits per heavy atom. The molecule has 0 N–H and O–H groups in total. The van der Waals surface area contributed by atoms with Crippen molar-refractivity contribution >= 4 is 81.6 Å². The van der Waals surface area contributed by atoms with Crippen molar-refractivity contribution in [3.05, 3.63) is 133 Å². The van der Waals surface area contributed by atoms with E-state index in [1.807, 2.05) is 47.7 Å². The van der Waals surface area contributed by atoms with E-state index in [9.17, 15) is 0 Å². The number of furan rings is 1. The summed E-state index contributed by atoms with van der Waals surface area (Å²) < 4.78 is 15.4. The molecule has 4 nitrogen and oxygen atoms in total. The summed E-state index contributed by atoms with van der Waals surface area (Å²) in [6, 6.07) is 46.1. The Balaban J connectivity index is 1.30. The second-order valence-corrected chi connectivity index (χ2v) is 11.5. The average molecular weight is 559 g/mol. The number of nitrogens with zero attached hydrogens (tertiary/aromatic N) is 2. The second kappa shape index (κ2) is 9.06. The first kappa shape index (κ1) is 23.3. The van der Waals surface area contributed by atoms with Gasteiger partial charge < -0.3 is 13.7 Å². The van der Waals surface area contributed by atoms with Crippen molar-refractivity contribution in [2.24, 2.45) is 0 Å². The molecular weight excluding hydrogens is 536 g/mol. The fourth-order valence-corrected chi connectivity index (χ4v) is 7.14. The lowest BCUT2D eigenvalue weighted by molar-refractivity contribution is 0.620.